The zero-order chi connectivity index (χ0) is 18.2. The van der Waals surface area contributed by atoms with Gasteiger partial charge in [0.15, 0.2) is 11.5 Å². The maximum Gasteiger partial charge on any atom is 0.381 e. The summed E-state index contributed by atoms with van der Waals surface area (Å²) < 4.78 is 9.45. The number of ether oxygens (including phenoxy) is 2. The lowest BCUT2D eigenvalue weighted by molar-refractivity contribution is -0.149. The molecule has 0 amide bonds. The van der Waals surface area contributed by atoms with Crippen LogP contribution in [0, 0.1) is 0 Å². The van der Waals surface area contributed by atoms with Gasteiger partial charge in [0.2, 0.25) is 0 Å². The van der Waals surface area contributed by atoms with Crippen LogP contribution in [0.3, 0.4) is 0 Å². The predicted octanol–water partition coefficient (Wildman–Crippen LogP) is 3.45. The summed E-state index contributed by atoms with van der Waals surface area (Å²) in [6.45, 7) is 0. The van der Waals surface area contributed by atoms with Gasteiger partial charge in [0.25, 0.3) is 5.78 Å². The Hall–Kier alpha value is -3.48. The number of carbonyl (C=O) groups is 2. The van der Waals surface area contributed by atoms with E-state index in [1.165, 1.54) is 7.11 Å². The summed E-state index contributed by atoms with van der Waals surface area (Å²) in [6.07, 6.45) is 0. The molecule has 0 heterocycles. The van der Waals surface area contributed by atoms with E-state index in [2.05, 4.69) is 15.0 Å². The zero-order valence-electron chi connectivity index (χ0n) is 13.7. The van der Waals surface area contributed by atoms with Gasteiger partial charge in [-0.15, -0.1) is 5.11 Å². The first-order valence-corrected chi connectivity index (χ1v) is 7.24. The first kappa shape index (κ1) is 17.9. The molecule has 2 aromatic carbocycles. The standard InChI is InChI=1S/C18H16N2O5/c1-24-14-10-8-13(9-11-14)19-20-15(17(22)18(23)25-2)16(21)12-6-4-3-5-7-12/h3-11,21H,1-2H3/b16-15+,20-19?. The first-order chi connectivity index (χ1) is 12.1. The number of aliphatic hydroxyl groups excluding tert-OH is 1. The molecule has 0 fully saturated rings. The van der Waals surface area contributed by atoms with E-state index < -0.39 is 23.2 Å². The Morgan fingerprint density at radius 3 is 2.16 bits per heavy atom. The minimum Gasteiger partial charge on any atom is -0.505 e. The van der Waals surface area contributed by atoms with Crippen LogP contribution in [0.4, 0.5) is 5.69 Å². The van der Waals surface area contributed by atoms with Gasteiger partial charge < -0.3 is 14.6 Å². The molecule has 0 aromatic heterocycles. The number of Topliss-reactive ketones (excluding diaryl/α,β-unsaturated/α-hetero) is 1. The van der Waals surface area contributed by atoms with Crippen LogP contribution in [0.1, 0.15) is 5.56 Å². The van der Waals surface area contributed by atoms with Gasteiger partial charge in [-0.3, -0.25) is 4.79 Å². The van der Waals surface area contributed by atoms with Crippen molar-refractivity contribution in [2.45, 2.75) is 0 Å². The van der Waals surface area contributed by atoms with Crippen molar-refractivity contribution in [2.75, 3.05) is 14.2 Å². The highest BCUT2D eigenvalue weighted by atomic mass is 16.5. The number of nitrogens with zero attached hydrogens (tertiary/aromatic N) is 2. The SMILES string of the molecule is COC(=O)C(=O)/C(N=Nc1ccc(OC)cc1)=C(\O)c1ccccc1. The number of azo groups is 1. The number of methoxy groups -OCH3 is 2. The van der Waals surface area contributed by atoms with E-state index in [4.69, 9.17) is 4.74 Å². The molecule has 7 nitrogen and oxygen atoms in total. The maximum atomic E-state index is 12.1. The fraction of sp³-hybridized carbons (Fsp3) is 0.111. The molecule has 0 radical (unpaired) electrons. The van der Waals surface area contributed by atoms with E-state index in [0.29, 0.717) is 17.0 Å². The molecule has 0 saturated heterocycles. The Labute approximate surface area is 144 Å². The second-order valence-electron chi connectivity index (χ2n) is 4.78. The molecule has 0 aliphatic rings. The number of rotatable bonds is 6. The van der Waals surface area contributed by atoms with E-state index in [1.807, 2.05) is 0 Å². The summed E-state index contributed by atoms with van der Waals surface area (Å²) in [5, 5.41) is 18.0. The molecule has 25 heavy (non-hydrogen) atoms. The normalized spacial score (nSPS) is 11.8. The van der Waals surface area contributed by atoms with Crippen LogP contribution < -0.4 is 4.74 Å². The van der Waals surface area contributed by atoms with Gasteiger partial charge in [-0.2, -0.15) is 5.11 Å². The van der Waals surface area contributed by atoms with Gasteiger partial charge in [0.05, 0.1) is 19.9 Å². The predicted molar refractivity (Wildman–Crippen MR) is 90.5 cm³/mol. The monoisotopic (exact) mass is 340 g/mol. The van der Waals surface area contributed by atoms with E-state index >= 15 is 0 Å². The van der Waals surface area contributed by atoms with Gasteiger partial charge in [-0.05, 0) is 24.3 Å². The Morgan fingerprint density at radius 2 is 1.60 bits per heavy atom. The van der Waals surface area contributed by atoms with Crippen molar-refractivity contribution in [3.63, 3.8) is 0 Å². The molecule has 7 heteroatoms. The summed E-state index contributed by atoms with van der Waals surface area (Å²) in [5.41, 5.74) is 0.231. The summed E-state index contributed by atoms with van der Waals surface area (Å²) in [4.78, 5) is 23.7. The van der Waals surface area contributed by atoms with Crippen LogP contribution in [0.15, 0.2) is 70.5 Å². The van der Waals surface area contributed by atoms with Gasteiger partial charge >= 0.3 is 5.97 Å². The molecular weight excluding hydrogens is 324 g/mol. The van der Waals surface area contributed by atoms with Crippen LogP contribution in [0.25, 0.3) is 5.76 Å². The van der Waals surface area contributed by atoms with E-state index in [-0.39, 0.29) is 0 Å². The van der Waals surface area contributed by atoms with E-state index in [9.17, 15) is 14.7 Å². The number of ketones is 1. The summed E-state index contributed by atoms with van der Waals surface area (Å²) in [6, 6.07) is 14.8. The molecule has 2 aromatic rings. The molecule has 0 bridgehead atoms. The summed E-state index contributed by atoms with van der Waals surface area (Å²) >= 11 is 0. The minimum atomic E-state index is -1.15. The molecule has 1 N–H and O–H groups in total. The van der Waals surface area contributed by atoms with Crippen LogP contribution in [0.2, 0.25) is 0 Å². The molecular formula is C18H16N2O5. The Kier molecular flexibility index (Phi) is 6.00. The average molecular weight is 340 g/mol. The van der Waals surface area contributed by atoms with Gasteiger partial charge in [-0.1, -0.05) is 30.3 Å². The zero-order valence-corrected chi connectivity index (χ0v) is 13.7. The third kappa shape index (κ3) is 4.51. The van der Waals surface area contributed by atoms with Crippen molar-refractivity contribution in [1.29, 1.82) is 0 Å². The fourth-order valence-corrected chi connectivity index (χ4v) is 1.88. The second-order valence-corrected chi connectivity index (χ2v) is 4.78. The van der Waals surface area contributed by atoms with E-state index in [0.717, 1.165) is 7.11 Å². The summed E-state index contributed by atoms with van der Waals surface area (Å²) in [5.74, 6) is -2.08. The van der Waals surface area contributed by atoms with Crippen LogP contribution in [-0.4, -0.2) is 31.1 Å². The highest BCUT2D eigenvalue weighted by Gasteiger charge is 2.24. The lowest BCUT2D eigenvalue weighted by Gasteiger charge is -2.04. The second kappa shape index (κ2) is 8.39. The van der Waals surface area contributed by atoms with Crippen LogP contribution in [0.5, 0.6) is 5.75 Å². The number of esters is 1. The molecule has 128 valence electrons. The summed E-state index contributed by atoms with van der Waals surface area (Å²) in [7, 11) is 2.60. The van der Waals surface area contributed by atoms with Crippen molar-refractivity contribution in [2.24, 2.45) is 10.2 Å². The van der Waals surface area contributed by atoms with E-state index in [1.54, 1.807) is 54.6 Å². The van der Waals surface area contributed by atoms with Gasteiger partial charge in [-0.25, -0.2) is 4.79 Å². The molecule has 0 aliphatic heterocycles. The Balaban J connectivity index is 2.42. The molecule has 0 saturated carbocycles. The molecule has 0 atom stereocenters. The molecule has 0 spiro atoms. The number of hydrogen-bond donors (Lipinski definition) is 1. The maximum absolute atomic E-state index is 12.1. The number of carbonyl (C=O) groups excluding carboxylic acids is 2. The Morgan fingerprint density at radius 1 is 0.960 bits per heavy atom. The average Bonchev–Trinajstić information content (AvgIpc) is 2.68. The lowest BCUT2D eigenvalue weighted by Crippen LogP contribution is -2.18. The fourth-order valence-electron chi connectivity index (χ4n) is 1.88. The number of aliphatic hydroxyl groups is 1. The molecule has 0 aliphatic carbocycles. The van der Waals surface area contributed by atoms with Gasteiger partial charge in [0.1, 0.15) is 5.75 Å². The third-order valence-corrected chi connectivity index (χ3v) is 3.20. The highest BCUT2D eigenvalue weighted by Crippen LogP contribution is 2.22. The largest absolute Gasteiger partial charge is 0.505 e. The smallest absolute Gasteiger partial charge is 0.381 e. The first-order valence-electron chi connectivity index (χ1n) is 7.24. The quantitative estimate of drug-likeness (QED) is 0.285. The van der Waals surface area contributed by atoms with Crippen LogP contribution in [-0.2, 0) is 14.3 Å². The van der Waals surface area contributed by atoms with Crippen molar-refractivity contribution >= 4 is 23.2 Å². The van der Waals surface area contributed by atoms with Crippen molar-refractivity contribution in [3.8, 4) is 5.75 Å². The van der Waals surface area contributed by atoms with Crippen molar-refractivity contribution in [1.82, 2.24) is 0 Å². The minimum absolute atomic E-state index is 0.323. The molecule has 0 unspecified atom stereocenters. The van der Waals surface area contributed by atoms with Gasteiger partial charge in [0, 0.05) is 5.56 Å². The topological polar surface area (TPSA) is 97.6 Å². The van der Waals surface area contributed by atoms with Crippen molar-refractivity contribution < 1.29 is 24.2 Å². The van der Waals surface area contributed by atoms with Crippen molar-refractivity contribution in [3.05, 3.63) is 65.9 Å². The number of benzene rings is 2. The van der Waals surface area contributed by atoms with Crippen LogP contribution >= 0.6 is 0 Å². The third-order valence-electron chi connectivity index (χ3n) is 3.20. The number of hydrogen-bond acceptors (Lipinski definition) is 7. The molecule has 2 rings (SSSR count). The Bertz CT molecular complexity index is 811. The highest BCUT2D eigenvalue weighted by molar-refractivity contribution is 6.41. The lowest BCUT2D eigenvalue weighted by atomic mass is 10.1.